The first-order valence-electron chi connectivity index (χ1n) is 18.1. The highest BCUT2D eigenvalue weighted by Gasteiger charge is 2.45. The number of nitrogens with one attached hydrogen (secondary N) is 1. The van der Waals surface area contributed by atoms with E-state index in [1.807, 2.05) is 49.9 Å². The zero-order valence-electron chi connectivity index (χ0n) is 29.6. The van der Waals surface area contributed by atoms with Crippen LogP contribution in [0.2, 0.25) is 5.02 Å². The Morgan fingerprint density at radius 2 is 1.69 bits per heavy atom. The van der Waals surface area contributed by atoms with Gasteiger partial charge >= 0.3 is 12.1 Å². The van der Waals surface area contributed by atoms with Crippen LogP contribution in [0.3, 0.4) is 0 Å². The molecule has 3 aromatic carbocycles. The van der Waals surface area contributed by atoms with Crippen LogP contribution in [0.25, 0.3) is 32.8 Å². The molecule has 5 heterocycles. The molecule has 11 nitrogen and oxygen atoms in total. The molecule has 4 atom stereocenters. The molecular weight excluding hydrogens is 707 g/mol. The third kappa shape index (κ3) is 6.60. The van der Waals surface area contributed by atoms with E-state index in [4.69, 9.17) is 30.8 Å². The number of anilines is 1. The van der Waals surface area contributed by atoms with Gasteiger partial charge in [-0.2, -0.15) is 9.97 Å². The van der Waals surface area contributed by atoms with Crippen molar-refractivity contribution >= 4 is 54.9 Å². The Kier molecular flexibility index (Phi) is 8.89. The number of carbonyl (C=O) groups excluding carboxylic acids is 1. The van der Waals surface area contributed by atoms with Gasteiger partial charge < -0.3 is 19.5 Å². The van der Waals surface area contributed by atoms with Crippen molar-refractivity contribution in [3.8, 4) is 22.9 Å². The fraction of sp³-hybridized carbons (Fsp3) is 0.500. The van der Waals surface area contributed by atoms with Gasteiger partial charge in [-0.1, -0.05) is 35.9 Å². The molecule has 0 saturated carbocycles. The number of ether oxygens (including phenoxy) is 2. The SMILES string of the molecule is CC(C)(C)OC(=O)N1C2CCC1CN(c1nc(OCCCN3C4CCC3CS(=N)(=O)C4)nc3c(F)c(-c4cc(O)cc5ccccc45)c(Cl)cc13)C2. The van der Waals surface area contributed by atoms with E-state index < -0.39 is 21.1 Å². The van der Waals surface area contributed by atoms with Crippen LogP contribution in [0.1, 0.15) is 52.9 Å². The fourth-order valence-electron chi connectivity index (χ4n) is 8.74. The lowest BCUT2D eigenvalue weighted by atomic mass is 9.96. The number of halogens is 2. The Labute approximate surface area is 308 Å². The van der Waals surface area contributed by atoms with E-state index in [0.717, 1.165) is 43.0 Å². The number of phenolic OH excluding ortho intramolecular Hbond substituents is 1. The molecule has 1 aromatic heterocycles. The molecule has 4 aromatic rings. The Morgan fingerprint density at radius 3 is 2.38 bits per heavy atom. The number of benzene rings is 3. The molecule has 14 heteroatoms. The molecule has 276 valence electrons. The van der Waals surface area contributed by atoms with Gasteiger partial charge in [-0.25, -0.2) is 13.4 Å². The van der Waals surface area contributed by atoms with Crippen LogP contribution in [0.5, 0.6) is 11.8 Å². The molecule has 0 aliphatic carbocycles. The highest BCUT2D eigenvalue weighted by Crippen LogP contribution is 2.44. The lowest BCUT2D eigenvalue weighted by Crippen LogP contribution is -2.57. The number of hydrogen-bond donors (Lipinski definition) is 2. The van der Waals surface area contributed by atoms with Gasteiger partial charge in [0.05, 0.1) is 23.7 Å². The quantitative estimate of drug-likeness (QED) is 0.188. The first-order chi connectivity index (χ1) is 24.7. The predicted molar refractivity (Wildman–Crippen MR) is 200 cm³/mol. The van der Waals surface area contributed by atoms with Gasteiger partial charge in [-0.05, 0) is 87.4 Å². The summed E-state index contributed by atoms with van der Waals surface area (Å²) in [4.78, 5) is 29.0. The third-order valence-electron chi connectivity index (χ3n) is 10.8. The summed E-state index contributed by atoms with van der Waals surface area (Å²) in [6.07, 6.45) is 3.86. The van der Waals surface area contributed by atoms with Crippen molar-refractivity contribution in [1.29, 1.82) is 4.78 Å². The van der Waals surface area contributed by atoms with Crippen molar-refractivity contribution in [1.82, 2.24) is 19.8 Å². The van der Waals surface area contributed by atoms with E-state index in [1.54, 1.807) is 12.1 Å². The summed E-state index contributed by atoms with van der Waals surface area (Å²) in [5.41, 5.74) is -0.00222. The molecular formula is C38H44ClFN6O5S. The Bertz CT molecular complexity index is 2150. The number of aromatic nitrogens is 2. The standard InChI is InChI=1S/C38H44ClFN6O5S/c1-38(2,3)51-37(48)46-23-9-10-24(46)19-44(18-23)35-30-17-31(39)32(29-16-27(47)15-22-7-4-5-8-28(22)29)33(40)34(30)42-36(43-35)50-14-6-13-45-25-11-12-26(45)21-52(41,49)20-25/h4-5,7-8,15-17,23-26,41,47H,6,9-14,18-21H2,1-3H3. The topological polar surface area (TPSA) is 132 Å². The maximum absolute atomic E-state index is 17.0. The van der Waals surface area contributed by atoms with Crippen LogP contribution in [0.15, 0.2) is 42.5 Å². The first-order valence-corrected chi connectivity index (χ1v) is 20.3. The second-order valence-corrected chi connectivity index (χ2v) is 18.3. The van der Waals surface area contributed by atoms with Gasteiger partial charge in [0.1, 0.15) is 22.7 Å². The molecule has 0 spiro atoms. The Hall–Kier alpha value is -3.94. The second kappa shape index (κ2) is 13.2. The van der Waals surface area contributed by atoms with Crippen molar-refractivity contribution in [2.24, 2.45) is 0 Å². The van der Waals surface area contributed by atoms with Gasteiger partial charge in [0.15, 0.2) is 5.82 Å². The van der Waals surface area contributed by atoms with Gasteiger partial charge in [-0.15, -0.1) is 0 Å². The maximum atomic E-state index is 17.0. The molecule has 4 unspecified atom stereocenters. The smallest absolute Gasteiger partial charge is 0.410 e. The highest BCUT2D eigenvalue weighted by molar-refractivity contribution is 7.92. The lowest BCUT2D eigenvalue weighted by molar-refractivity contribution is 0.0122. The Balaban J connectivity index is 1.14. The van der Waals surface area contributed by atoms with Crippen molar-refractivity contribution in [2.75, 3.05) is 42.6 Å². The van der Waals surface area contributed by atoms with Crippen molar-refractivity contribution in [3.63, 3.8) is 0 Å². The summed E-state index contributed by atoms with van der Waals surface area (Å²) < 4.78 is 49.6. The van der Waals surface area contributed by atoms with E-state index >= 15 is 4.39 Å². The maximum Gasteiger partial charge on any atom is 0.410 e. The summed E-state index contributed by atoms with van der Waals surface area (Å²) in [6.45, 7) is 7.53. The van der Waals surface area contributed by atoms with Crippen LogP contribution < -0.4 is 9.64 Å². The van der Waals surface area contributed by atoms with Crippen LogP contribution in [0, 0.1) is 10.6 Å². The van der Waals surface area contributed by atoms with E-state index in [-0.39, 0.29) is 64.7 Å². The van der Waals surface area contributed by atoms with Gasteiger partial charge in [0, 0.05) is 63.9 Å². The molecule has 4 fully saturated rings. The number of nitrogens with zero attached hydrogens (tertiary/aromatic N) is 5. The minimum absolute atomic E-state index is 0.0118. The summed E-state index contributed by atoms with van der Waals surface area (Å²) >= 11 is 6.93. The predicted octanol–water partition coefficient (Wildman–Crippen LogP) is 7.20. The van der Waals surface area contributed by atoms with Gasteiger partial charge in [-0.3, -0.25) is 14.6 Å². The van der Waals surface area contributed by atoms with Crippen molar-refractivity contribution in [2.45, 2.75) is 82.6 Å². The zero-order chi connectivity index (χ0) is 36.5. The van der Waals surface area contributed by atoms with Crippen molar-refractivity contribution < 1.29 is 28.0 Å². The average molecular weight is 751 g/mol. The fourth-order valence-corrected chi connectivity index (χ4v) is 11.1. The number of amides is 1. The summed E-state index contributed by atoms with van der Waals surface area (Å²) in [5, 5.41) is 12.7. The second-order valence-electron chi connectivity index (χ2n) is 15.6. The number of fused-ring (bicyclic) bond motifs is 6. The van der Waals surface area contributed by atoms with E-state index in [9.17, 15) is 14.1 Å². The van der Waals surface area contributed by atoms with Gasteiger partial charge in [0.2, 0.25) is 0 Å². The summed E-state index contributed by atoms with van der Waals surface area (Å²) in [7, 11) is -2.51. The number of phenols is 1. The number of hydrogen-bond acceptors (Lipinski definition) is 10. The minimum Gasteiger partial charge on any atom is -0.508 e. The summed E-state index contributed by atoms with van der Waals surface area (Å²) in [6, 6.07) is 12.4. The monoisotopic (exact) mass is 750 g/mol. The first kappa shape index (κ1) is 35.1. The van der Waals surface area contributed by atoms with Crippen LogP contribution in [-0.4, -0.2) is 103 Å². The van der Waals surface area contributed by atoms with E-state index in [2.05, 4.69) is 14.8 Å². The molecule has 1 amide bonds. The summed E-state index contributed by atoms with van der Waals surface area (Å²) in [5.74, 6) is 0.661. The van der Waals surface area contributed by atoms with Crippen LogP contribution in [0.4, 0.5) is 15.0 Å². The zero-order valence-corrected chi connectivity index (χ0v) is 31.2. The molecule has 2 N–H and O–H groups in total. The molecule has 4 bridgehead atoms. The molecule has 4 aliphatic heterocycles. The Morgan fingerprint density at radius 1 is 1.02 bits per heavy atom. The highest BCUT2D eigenvalue weighted by atomic mass is 35.5. The van der Waals surface area contributed by atoms with Crippen molar-refractivity contribution in [3.05, 3.63) is 53.3 Å². The van der Waals surface area contributed by atoms with Crippen LogP contribution in [-0.2, 0) is 14.5 Å². The van der Waals surface area contributed by atoms with E-state index in [1.165, 1.54) is 6.07 Å². The molecule has 52 heavy (non-hydrogen) atoms. The van der Waals surface area contributed by atoms with E-state index in [0.29, 0.717) is 47.8 Å². The molecule has 4 aliphatic rings. The number of aromatic hydroxyl groups is 1. The molecule has 0 radical (unpaired) electrons. The third-order valence-corrected chi connectivity index (χ3v) is 13.0. The molecule has 4 saturated heterocycles. The van der Waals surface area contributed by atoms with Crippen LogP contribution >= 0.6 is 11.6 Å². The number of carbonyl (C=O) groups is 1. The average Bonchev–Trinajstić information content (AvgIpc) is 3.49. The molecule has 8 rings (SSSR count). The largest absolute Gasteiger partial charge is 0.508 e. The minimum atomic E-state index is -2.51. The normalized spacial score (nSPS) is 26.0. The number of piperazine rings is 1. The number of rotatable bonds is 7. The van der Waals surface area contributed by atoms with Gasteiger partial charge in [0.25, 0.3) is 0 Å². The lowest BCUT2D eigenvalue weighted by Gasteiger charge is -2.42.